The van der Waals surface area contributed by atoms with E-state index in [1.807, 2.05) is 4.90 Å². The lowest BCUT2D eigenvalue weighted by atomic mass is 9.99. The minimum Gasteiger partial charge on any atom is -0.474 e. The van der Waals surface area contributed by atoms with Crippen molar-refractivity contribution < 1.29 is 23.0 Å². The summed E-state index contributed by atoms with van der Waals surface area (Å²) >= 11 is 7.67. The lowest BCUT2D eigenvalue weighted by Gasteiger charge is -2.36. The number of fused-ring (bicyclic) bond motifs is 2. The number of nitrogen functional groups attached to an aromatic ring is 1. The summed E-state index contributed by atoms with van der Waals surface area (Å²) in [6.07, 6.45) is 1.91. The number of pyridine rings is 1. The van der Waals surface area contributed by atoms with E-state index < -0.39 is 11.6 Å². The summed E-state index contributed by atoms with van der Waals surface area (Å²) < 4.78 is 42.6. The summed E-state index contributed by atoms with van der Waals surface area (Å²) in [4.78, 5) is 24.4. The average Bonchev–Trinajstić information content (AvgIpc) is 3.35. The number of rotatable bonds is 6. The predicted molar refractivity (Wildman–Crippen MR) is 153 cm³/mol. The Labute approximate surface area is 242 Å². The third-order valence-electron chi connectivity index (χ3n) is 7.29. The molecule has 0 radical (unpaired) electrons. The molecule has 1 unspecified atom stereocenters. The van der Waals surface area contributed by atoms with E-state index in [-0.39, 0.29) is 67.1 Å². The highest BCUT2D eigenvalue weighted by molar-refractivity contribution is 7.22. The average molecular weight is 597 g/mol. The van der Waals surface area contributed by atoms with Crippen molar-refractivity contribution in [2.24, 2.45) is 0 Å². The number of amides is 1. The molecule has 4 aromatic rings. The monoisotopic (exact) mass is 596 g/mol. The van der Waals surface area contributed by atoms with Gasteiger partial charge in [0.1, 0.15) is 29.6 Å². The Bertz CT molecular complexity index is 1760. The molecule has 210 valence electrons. The number of carbonyl (C=O) groups is 1. The zero-order valence-electron chi connectivity index (χ0n) is 21.6. The topological polar surface area (TPSA) is 118 Å². The van der Waals surface area contributed by atoms with Gasteiger partial charge in [0.15, 0.2) is 10.9 Å². The molecule has 9 nitrogen and oxygen atoms in total. The molecule has 2 N–H and O–H groups in total. The molecule has 1 atom stereocenters. The molecule has 2 aliphatic rings. The molecule has 1 amide bonds. The van der Waals surface area contributed by atoms with Gasteiger partial charge in [-0.1, -0.05) is 29.5 Å². The van der Waals surface area contributed by atoms with Crippen molar-refractivity contribution in [1.29, 1.82) is 5.26 Å². The fourth-order valence-electron chi connectivity index (χ4n) is 5.13. The zero-order valence-corrected chi connectivity index (χ0v) is 23.2. The van der Waals surface area contributed by atoms with E-state index in [9.17, 15) is 14.4 Å². The minimum absolute atomic E-state index is 0.0210. The Hall–Kier alpha value is -4.05. The van der Waals surface area contributed by atoms with Crippen molar-refractivity contribution in [2.75, 3.05) is 50.0 Å². The number of nitrogens with two attached hydrogens (primary N) is 1. The Morgan fingerprint density at radius 1 is 1.29 bits per heavy atom. The molecular formula is C28H23ClF2N6O3S. The van der Waals surface area contributed by atoms with Crippen LogP contribution < -0.4 is 15.4 Å². The fraction of sp³-hybridized carbons (Fsp3) is 0.286. The summed E-state index contributed by atoms with van der Waals surface area (Å²) in [6, 6.07) is 6.34. The SMILES string of the molecule is C=CC(=O)N1CCN(c2c(C#N)c(OCC3CCO3)nc3c(F)c(-c4ccc(F)c5sc(N)nc45)c(Cl)cc23)CC1. The summed E-state index contributed by atoms with van der Waals surface area (Å²) in [5.41, 5.74) is 6.72. The number of thiazole rings is 1. The van der Waals surface area contributed by atoms with Crippen molar-refractivity contribution in [1.82, 2.24) is 14.9 Å². The molecule has 2 fully saturated rings. The van der Waals surface area contributed by atoms with E-state index >= 15 is 4.39 Å². The third-order valence-corrected chi connectivity index (χ3v) is 8.48. The van der Waals surface area contributed by atoms with Gasteiger partial charge in [-0.15, -0.1) is 0 Å². The highest BCUT2D eigenvalue weighted by Gasteiger charge is 2.30. The third kappa shape index (κ3) is 4.69. The van der Waals surface area contributed by atoms with Crippen molar-refractivity contribution >= 4 is 60.8 Å². The lowest BCUT2D eigenvalue weighted by Crippen LogP contribution is -2.48. The Morgan fingerprint density at radius 3 is 2.71 bits per heavy atom. The van der Waals surface area contributed by atoms with Crippen LogP contribution in [0.4, 0.5) is 19.6 Å². The van der Waals surface area contributed by atoms with E-state index in [0.29, 0.717) is 43.9 Å². The maximum absolute atomic E-state index is 16.6. The highest BCUT2D eigenvalue weighted by atomic mass is 35.5. The molecule has 0 saturated carbocycles. The number of benzene rings is 2. The predicted octanol–water partition coefficient (Wildman–Crippen LogP) is 4.90. The molecule has 0 bridgehead atoms. The van der Waals surface area contributed by atoms with Crippen LogP contribution in [0.3, 0.4) is 0 Å². The van der Waals surface area contributed by atoms with Crippen molar-refractivity contribution in [2.45, 2.75) is 12.5 Å². The second-order valence-electron chi connectivity index (χ2n) is 9.63. The molecular weight excluding hydrogens is 574 g/mol. The van der Waals surface area contributed by atoms with Crippen molar-refractivity contribution in [3.8, 4) is 23.1 Å². The van der Waals surface area contributed by atoms with E-state index in [1.54, 1.807) is 11.0 Å². The maximum Gasteiger partial charge on any atom is 0.246 e. The van der Waals surface area contributed by atoms with Crippen LogP contribution in [-0.4, -0.2) is 66.3 Å². The Balaban J connectivity index is 1.54. The molecule has 4 heterocycles. The number of aromatic nitrogens is 2. The number of carbonyl (C=O) groups excluding carboxylic acids is 1. The molecule has 6 rings (SSSR count). The molecule has 2 saturated heterocycles. The molecule has 0 aliphatic carbocycles. The van der Waals surface area contributed by atoms with Crippen LogP contribution in [0.15, 0.2) is 30.9 Å². The van der Waals surface area contributed by atoms with Gasteiger partial charge in [-0.2, -0.15) is 5.26 Å². The van der Waals surface area contributed by atoms with Gasteiger partial charge >= 0.3 is 0 Å². The number of anilines is 2. The standard InChI is InChI=1S/C28H23ClF2N6O3S/c1-2-20(38)36-6-8-37(9-7-36)25-16-11-18(29)21(15-3-4-19(30)26-24(15)35-28(33)41-26)22(31)23(16)34-27(17(25)12-32)40-13-14-5-10-39-14/h2-4,11,14H,1,5-10,13H2,(H2,33,35). The quantitative estimate of drug-likeness (QED) is 0.312. The van der Waals surface area contributed by atoms with E-state index in [0.717, 1.165) is 17.8 Å². The molecule has 2 aromatic heterocycles. The first-order valence-corrected chi connectivity index (χ1v) is 14.0. The molecule has 2 aliphatic heterocycles. The summed E-state index contributed by atoms with van der Waals surface area (Å²) in [5, 5.41) is 10.7. The second-order valence-corrected chi connectivity index (χ2v) is 11.1. The number of hydrogen-bond acceptors (Lipinski definition) is 9. The van der Waals surface area contributed by atoms with Crippen LogP contribution >= 0.6 is 22.9 Å². The van der Waals surface area contributed by atoms with Crippen LogP contribution in [0.2, 0.25) is 5.02 Å². The van der Waals surface area contributed by atoms with Crippen molar-refractivity contribution in [3.63, 3.8) is 0 Å². The van der Waals surface area contributed by atoms with Crippen LogP contribution in [-0.2, 0) is 9.53 Å². The van der Waals surface area contributed by atoms with Crippen LogP contribution in [0.5, 0.6) is 5.88 Å². The first-order valence-electron chi connectivity index (χ1n) is 12.8. The normalized spacial score (nSPS) is 17.0. The number of nitriles is 1. The maximum atomic E-state index is 16.6. The number of piperazine rings is 1. The molecule has 2 aromatic carbocycles. The Kier molecular flexibility index (Phi) is 7.11. The van der Waals surface area contributed by atoms with Gasteiger partial charge in [-0.3, -0.25) is 4.79 Å². The first-order chi connectivity index (χ1) is 19.8. The first kappa shape index (κ1) is 27.1. The van der Waals surface area contributed by atoms with Crippen LogP contribution in [0.1, 0.15) is 12.0 Å². The summed E-state index contributed by atoms with van der Waals surface area (Å²) in [7, 11) is 0. The number of nitrogens with zero attached hydrogens (tertiary/aromatic N) is 5. The zero-order chi connectivity index (χ0) is 28.8. The van der Waals surface area contributed by atoms with Crippen LogP contribution in [0, 0.1) is 23.0 Å². The van der Waals surface area contributed by atoms with Crippen molar-refractivity contribution in [3.05, 3.63) is 53.1 Å². The Morgan fingerprint density at radius 2 is 2.05 bits per heavy atom. The van der Waals surface area contributed by atoms with Gasteiger partial charge in [0.2, 0.25) is 11.8 Å². The van der Waals surface area contributed by atoms with E-state index in [2.05, 4.69) is 22.6 Å². The second kappa shape index (κ2) is 10.7. The minimum atomic E-state index is -0.775. The largest absolute Gasteiger partial charge is 0.474 e. The van der Waals surface area contributed by atoms with Gasteiger partial charge in [-0.25, -0.2) is 18.7 Å². The van der Waals surface area contributed by atoms with Gasteiger partial charge < -0.3 is 25.0 Å². The van der Waals surface area contributed by atoms with Gasteiger partial charge in [0, 0.05) is 55.7 Å². The fourth-order valence-corrected chi connectivity index (χ4v) is 6.19. The lowest BCUT2D eigenvalue weighted by molar-refractivity contribution is -0.126. The summed E-state index contributed by atoms with van der Waals surface area (Å²) in [5.74, 6) is -1.54. The highest BCUT2D eigenvalue weighted by Crippen LogP contribution is 2.44. The number of hydrogen-bond donors (Lipinski definition) is 1. The molecule has 41 heavy (non-hydrogen) atoms. The number of halogens is 3. The smallest absolute Gasteiger partial charge is 0.246 e. The molecule has 13 heteroatoms. The van der Waals surface area contributed by atoms with Gasteiger partial charge in [0.05, 0.1) is 27.0 Å². The molecule has 0 spiro atoms. The van der Waals surface area contributed by atoms with Crippen LogP contribution in [0.25, 0.3) is 32.2 Å². The number of ether oxygens (including phenoxy) is 2. The van der Waals surface area contributed by atoms with E-state index in [4.69, 9.17) is 26.8 Å². The van der Waals surface area contributed by atoms with E-state index in [1.165, 1.54) is 18.2 Å². The summed E-state index contributed by atoms with van der Waals surface area (Å²) in [6.45, 7) is 5.80. The van der Waals surface area contributed by atoms with Gasteiger partial charge in [0.25, 0.3) is 0 Å². The van der Waals surface area contributed by atoms with Gasteiger partial charge in [-0.05, 0) is 24.3 Å².